The van der Waals surface area contributed by atoms with E-state index < -0.39 is 0 Å². The lowest BCUT2D eigenvalue weighted by Gasteiger charge is -2.38. The molecule has 3 aliphatic carbocycles. The van der Waals surface area contributed by atoms with Gasteiger partial charge in [0.15, 0.2) is 11.9 Å². The summed E-state index contributed by atoms with van der Waals surface area (Å²) < 4.78 is 2.40. The summed E-state index contributed by atoms with van der Waals surface area (Å²) in [5.41, 5.74) is 10.7. The predicted molar refractivity (Wildman–Crippen MR) is 123 cm³/mol. The average molecular weight is 387 g/mol. The van der Waals surface area contributed by atoms with Crippen LogP contribution in [0.25, 0.3) is 0 Å². The van der Waals surface area contributed by atoms with E-state index in [1.54, 1.807) is 11.1 Å². The molecule has 0 N–H and O–H groups in total. The topological polar surface area (TPSA) is 3.01 Å². The minimum absolute atomic E-state index is 0.471. The van der Waals surface area contributed by atoms with Crippen LogP contribution in [-0.2, 0) is 6.42 Å². The molecule has 0 amide bonds. The first-order chi connectivity index (χ1) is 14.0. The molecular weight excluding hydrogens is 350 g/mol. The molecule has 0 radical (unpaired) electrons. The van der Waals surface area contributed by atoms with Crippen molar-refractivity contribution in [3.05, 3.63) is 70.0 Å². The van der Waals surface area contributed by atoms with Gasteiger partial charge in [0.2, 0.25) is 0 Å². The van der Waals surface area contributed by atoms with Gasteiger partial charge in [-0.25, -0.2) is 4.58 Å². The smallest absolute Gasteiger partial charge is 0.196 e. The number of fused-ring (bicyclic) bond motifs is 5. The maximum atomic E-state index is 2.70. The Morgan fingerprint density at radius 2 is 1.72 bits per heavy atom. The highest BCUT2D eigenvalue weighted by molar-refractivity contribution is 6.02. The second kappa shape index (κ2) is 7.42. The normalized spacial score (nSPS) is 31.3. The molecule has 1 aliphatic heterocycles. The van der Waals surface area contributed by atoms with Crippen LogP contribution in [0.5, 0.6) is 0 Å². The van der Waals surface area contributed by atoms with E-state index in [4.69, 9.17) is 0 Å². The third kappa shape index (κ3) is 3.27. The summed E-state index contributed by atoms with van der Waals surface area (Å²) in [5.74, 6) is 2.62. The zero-order valence-electron chi connectivity index (χ0n) is 18.7. The van der Waals surface area contributed by atoms with Gasteiger partial charge >= 0.3 is 0 Å². The Labute approximate surface area is 176 Å². The van der Waals surface area contributed by atoms with Crippen LogP contribution in [0.1, 0.15) is 67.7 Å². The highest BCUT2D eigenvalue weighted by Gasteiger charge is 2.39. The Balaban J connectivity index is 1.71. The van der Waals surface area contributed by atoms with E-state index in [2.05, 4.69) is 69.0 Å². The van der Waals surface area contributed by atoms with E-state index in [9.17, 15) is 0 Å². The largest absolute Gasteiger partial charge is 0.204 e. The molecule has 4 bridgehead atoms. The minimum Gasteiger partial charge on any atom is -0.204 e. The lowest BCUT2D eigenvalue weighted by Crippen LogP contribution is -2.35. The third-order valence-electron chi connectivity index (χ3n) is 8.25. The van der Waals surface area contributed by atoms with Crippen molar-refractivity contribution in [1.29, 1.82) is 0 Å². The van der Waals surface area contributed by atoms with Gasteiger partial charge in [0.1, 0.15) is 7.05 Å². The summed E-state index contributed by atoms with van der Waals surface area (Å²) in [6.45, 7) is 7.00. The number of benzene rings is 1. The SMILES string of the molecule is CC1=CC2C=C[N+](C)=C3c4cc(cc(C)c4C)CCCC4CCCCC4C1=CC32. The van der Waals surface area contributed by atoms with Crippen LogP contribution in [0.2, 0.25) is 0 Å². The summed E-state index contributed by atoms with van der Waals surface area (Å²) in [7, 11) is 2.25. The van der Waals surface area contributed by atoms with Gasteiger partial charge in [-0.05, 0) is 99.1 Å². The molecule has 4 unspecified atom stereocenters. The van der Waals surface area contributed by atoms with Gasteiger partial charge in [-0.2, -0.15) is 0 Å². The van der Waals surface area contributed by atoms with Gasteiger partial charge in [0, 0.05) is 11.5 Å². The van der Waals surface area contributed by atoms with Crippen LogP contribution in [0.4, 0.5) is 0 Å². The van der Waals surface area contributed by atoms with Crippen LogP contribution < -0.4 is 0 Å². The second-order valence-electron chi connectivity index (χ2n) is 10.0. The number of hydrogen-bond donors (Lipinski definition) is 0. The molecule has 5 rings (SSSR count). The number of aryl methyl sites for hydroxylation is 2. The predicted octanol–water partition coefficient (Wildman–Crippen LogP) is 6.52. The second-order valence-corrected chi connectivity index (χ2v) is 10.0. The fraction of sp³-hybridized carbons (Fsp3) is 0.536. The Kier molecular flexibility index (Phi) is 4.88. The molecular formula is C28H36N+. The lowest BCUT2D eigenvalue weighted by molar-refractivity contribution is -0.427. The van der Waals surface area contributed by atoms with Gasteiger partial charge in [-0.3, -0.25) is 0 Å². The minimum atomic E-state index is 0.471. The van der Waals surface area contributed by atoms with Crippen molar-refractivity contribution in [1.82, 2.24) is 0 Å². The fourth-order valence-corrected chi connectivity index (χ4v) is 6.57. The fourth-order valence-electron chi connectivity index (χ4n) is 6.57. The molecule has 1 aromatic rings. The van der Waals surface area contributed by atoms with Crippen molar-refractivity contribution >= 4 is 5.71 Å². The Hall–Kier alpha value is -1.89. The molecule has 1 aromatic carbocycles. The van der Waals surface area contributed by atoms with Crippen molar-refractivity contribution in [2.45, 2.75) is 65.7 Å². The zero-order chi connectivity index (χ0) is 20.1. The number of allylic oxidation sites excluding steroid dienone is 5. The van der Waals surface area contributed by atoms with Crippen LogP contribution in [0, 0.1) is 37.5 Å². The molecule has 1 heterocycles. The maximum absolute atomic E-state index is 2.70. The monoisotopic (exact) mass is 386 g/mol. The number of nitrogens with zero attached hydrogens (tertiary/aromatic N) is 1. The van der Waals surface area contributed by atoms with E-state index >= 15 is 0 Å². The molecule has 152 valence electrons. The van der Waals surface area contributed by atoms with Gasteiger partial charge in [-0.15, -0.1) is 0 Å². The molecule has 1 saturated carbocycles. The molecule has 1 fully saturated rings. The highest BCUT2D eigenvalue weighted by atomic mass is 15.0. The molecule has 0 saturated heterocycles. The van der Waals surface area contributed by atoms with Crippen molar-refractivity contribution in [2.24, 2.45) is 23.7 Å². The third-order valence-corrected chi connectivity index (χ3v) is 8.25. The van der Waals surface area contributed by atoms with Gasteiger partial charge in [0.05, 0.1) is 5.92 Å². The summed E-state index contributed by atoms with van der Waals surface area (Å²) in [6, 6.07) is 4.97. The van der Waals surface area contributed by atoms with Gasteiger partial charge < -0.3 is 0 Å². The quantitative estimate of drug-likeness (QED) is 0.446. The Morgan fingerprint density at radius 3 is 2.59 bits per heavy atom. The molecule has 0 spiro atoms. The van der Waals surface area contributed by atoms with E-state index in [1.165, 1.54) is 72.9 Å². The summed E-state index contributed by atoms with van der Waals surface area (Å²) in [6.07, 6.45) is 19.6. The van der Waals surface area contributed by atoms with E-state index in [-0.39, 0.29) is 0 Å². The van der Waals surface area contributed by atoms with E-state index in [0.717, 1.165) is 11.8 Å². The van der Waals surface area contributed by atoms with Crippen molar-refractivity contribution in [3.63, 3.8) is 0 Å². The summed E-state index contributed by atoms with van der Waals surface area (Å²) in [5, 5.41) is 0. The van der Waals surface area contributed by atoms with Crippen LogP contribution in [0.3, 0.4) is 0 Å². The van der Waals surface area contributed by atoms with Crippen LogP contribution >= 0.6 is 0 Å². The Morgan fingerprint density at radius 1 is 0.931 bits per heavy atom. The first-order valence-electron chi connectivity index (χ1n) is 11.8. The van der Waals surface area contributed by atoms with Gasteiger partial charge in [-0.1, -0.05) is 36.6 Å². The highest BCUT2D eigenvalue weighted by Crippen LogP contribution is 2.45. The van der Waals surface area contributed by atoms with E-state index in [1.807, 2.05) is 0 Å². The standard InChI is InChI=1S/C28H36N/c1-18-14-21-8-7-10-22-9-5-6-11-24(22)25-17-27-23(15-19(25)2)12-13-29(4)28(27)26(16-21)20(18)3/h12-17,22-24,27H,5-11H2,1-4H3/q+1. The van der Waals surface area contributed by atoms with Crippen LogP contribution in [0.15, 0.2) is 47.7 Å². The first-order valence-corrected chi connectivity index (χ1v) is 11.8. The molecule has 4 atom stereocenters. The van der Waals surface area contributed by atoms with Crippen molar-refractivity contribution in [3.8, 4) is 0 Å². The Bertz CT molecular complexity index is 955. The van der Waals surface area contributed by atoms with E-state index in [0.29, 0.717) is 11.8 Å². The van der Waals surface area contributed by atoms with Crippen molar-refractivity contribution < 1.29 is 4.58 Å². The number of rotatable bonds is 0. The summed E-state index contributed by atoms with van der Waals surface area (Å²) >= 11 is 0. The molecule has 1 nitrogen and oxygen atoms in total. The molecule has 1 heteroatoms. The lowest BCUT2D eigenvalue weighted by atomic mass is 9.66. The zero-order valence-corrected chi connectivity index (χ0v) is 18.7. The number of hydrogen-bond acceptors (Lipinski definition) is 0. The maximum Gasteiger partial charge on any atom is 0.196 e. The van der Waals surface area contributed by atoms with Crippen LogP contribution in [-0.4, -0.2) is 17.3 Å². The summed E-state index contributed by atoms with van der Waals surface area (Å²) in [4.78, 5) is 0. The van der Waals surface area contributed by atoms with Crippen molar-refractivity contribution in [2.75, 3.05) is 7.05 Å². The molecule has 4 aliphatic rings. The molecule has 29 heavy (non-hydrogen) atoms. The average Bonchev–Trinajstić information content (AvgIpc) is 2.70. The van der Waals surface area contributed by atoms with Gasteiger partial charge in [0.25, 0.3) is 0 Å². The molecule has 0 aromatic heterocycles. The first kappa shape index (κ1) is 19.1.